The summed E-state index contributed by atoms with van der Waals surface area (Å²) in [6, 6.07) is 11.8. The Labute approximate surface area is 138 Å². The molecule has 2 aromatic heterocycles. The number of hydrogen-bond donors (Lipinski definition) is 0. The molecule has 1 atom stereocenters. The molecular formula is C17H17N3O4. The minimum Gasteiger partial charge on any atom is -0.497 e. The van der Waals surface area contributed by atoms with Crippen LogP contribution < -0.4 is 9.64 Å². The van der Waals surface area contributed by atoms with E-state index in [2.05, 4.69) is 10.1 Å². The summed E-state index contributed by atoms with van der Waals surface area (Å²) in [6.07, 6.45) is 1.51. The van der Waals surface area contributed by atoms with E-state index in [1.165, 1.54) is 0 Å². The number of methoxy groups -OCH3 is 1. The molecule has 3 heterocycles. The fraction of sp³-hybridized carbons (Fsp3) is 0.294. The van der Waals surface area contributed by atoms with E-state index in [1.807, 2.05) is 41.3 Å². The quantitative estimate of drug-likeness (QED) is 0.729. The summed E-state index contributed by atoms with van der Waals surface area (Å²) in [5.41, 5.74) is 0.847. The molecular weight excluding hydrogens is 310 g/mol. The normalized spacial score (nSPS) is 17.9. The first-order chi connectivity index (χ1) is 11.8. The first-order valence-corrected chi connectivity index (χ1v) is 7.71. The van der Waals surface area contributed by atoms with Crippen LogP contribution in [0.4, 0.5) is 6.01 Å². The number of benzene rings is 1. The lowest BCUT2D eigenvalue weighted by atomic mass is 10.2. The minimum absolute atomic E-state index is 0.138. The zero-order valence-electron chi connectivity index (χ0n) is 13.2. The number of anilines is 1. The van der Waals surface area contributed by atoms with Crippen molar-refractivity contribution in [3.05, 3.63) is 48.4 Å². The molecule has 0 spiro atoms. The third-order valence-corrected chi connectivity index (χ3v) is 3.94. The number of rotatable bonds is 4. The topological polar surface area (TPSA) is 73.8 Å². The van der Waals surface area contributed by atoms with Gasteiger partial charge in [0.25, 0.3) is 0 Å². The molecule has 0 aliphatic carbocycles. The molecule has 24 heavy (non-hydrogen) atoms. The van der Waals surface area contributed by atoms with Gasteiger partial charge in [0, 0.05) is 12.1 Å². The molecule has 3 aromatic rings. The van der Waals surface area contributed by atoms with Crippen molar-refractivity contribution in [3.63, 3.8) is 0 Å². The van der Waals surface area contributed by atoms with Crippen molar-refractivity contribution in [3.8, 4) is 17.1 Å². The summed E-state index contributed by atoms with van der Waals surface area (Å²) in [6.45, 7) is 1.87. The molecule has 4 rings (SSSR count). The fourth-order valence-electron chi connectivity index (χ4n) is 2.69. The molecule has 1 saturated heterocycles. The van der Waals surface area contributed by atoms with Gasteiger partial charge in [0.15, 0.2) is 0 Å². The molecule has 0 amide bonds. The van der Waals surface area contributed by atoms with E-state index in [0.29, 0.717) is 31.5 Å². The zero-order valence-corrected chi connectivity index (χ0v) is 13.2. The van der Waals surface area contributed by atoms with E-state index in [4.69, 9.17) is 18.4 Å². The van der Waals surface area contributed by atoms with Crippen LogP contribution in [-0.4, -0.2) is 36.9 Å². The third kappa shape index (κ3) is 2.85. The van der Waals surface area contributed by atoms with Gasteiger partial charge in [-0.2, -0.15) is 4.98 Å². The van der Waals surface area contributed by atoms with Crippen molar-refractivity contribution in [1.29, 1.82) is 0 Å². The molecule has 1 fully saturated rings. The molecule has 0 radical (unpaired) electrons. The first-order valence-electron chi connectivity index (χ1n) is 7.71. The van der Waals surface area contributed by atoms with Gasteiger partial charge in [-0.25, -0.2) is 0 Å². The Morgan fingerprint density at radius 3 is 3.04 bits per heavy atom. The van der Waals surface area contributed by atoms with Crippen LogP contribution in [0.15, 0.2) is 51.6 Å². The van der Waals surface area contributed by atoms with Gasteiger partial charge in [-0.1, -0.05) is 17.3 Å². The van der Waals surface area contributed by atoms with Crippen LogP contribution in [0.25, 0.3) is 11.4 Å². The molecule has 1 aromatic carbocycles. The zero-order chi connectivity index (χ0) is 16.4. The second-order valence-electron chi connectivity index (χ2n) is 5.45. The smallest absolute Gasteiger partial charge is 0.324 e. The van der Waals surface area contributed by atoms with Crippen molar-refractivity contribution in [1.82, 2.24) is 10.1 Å². The van der Waals surface area contributed by atoms with Crippen molar-refractivity contribution in [2.45, 2.75) is 6.10 Å². The lowest BCUT2D eigenvalue weighted by molar-refractivity contribution is 0.0238. The summed E-state index contributed by atoms with van der Waals surface area (Å²) >= 11 is 0. The van der Waals surface area contributed by atoms with Crippen LogP contribution >= 0.6 is 0 Å². The highest BCUT2D eigenvalue weighted by Crippen LogP contribution is 2.28. The van der Waals surface area contributed by atoms with Crippen molar-refractivity contribution < 1.29 is 18.4 Å². The molecule has 0 bridgehead atoms. The van der Waals surface area contributed by atoms with Crippen LogP contribution in [0.5, 0.6) is 5.75 Å². The second-order valence-corrected chi connectivity index (χ2v) is 5.45. The third-order valence-electron chi connectivity index (χ3n) is 3.94. The lowest BCUT2D eigenvalue weighted by Crippen LogP contribution is -2.38. The van der Waals surface area contributed by atoms with E-state index in [1.54, 1.807) is 13.4 Å². The number of furan rings is 1. The largest absolute Gasteiger partial charge is 0.497 e. The maximum absolute atomic E-state index is 5.75. The average Bonchev–Trinajstić information content (AvgIpc) is 3.34. The summed E-state index contributed by atoms with van der Waals surface area (Å²) < 4.78 is 21.8. The molecule has 1 aliphatic rings. The number of morpholine rings is 1. The van der Waals surface area contributed by atoms with Gasteiger partial charge in [0.1, 0.15) is 17.6 Å². The maximum atomic E-state index is 5.75. The molecule has 0 N–H and O–H groups in total. The lowest BCUT2D eigenvalue weighted by Gasteiger charge is -2.30. The number of hydrogen-bond acceptors (Lipinski definition) is 7. The van der Waals surface area contributed by atoms with Gasteiger partial charge in [0.05, 0.1) is 26.5 Å². The van der Waals surface area contributed by atoms with Crippen LogP contribution in [0.1, 0.15) is 11.9 Å². The predicted molar refractivity (Wildman–Crippen MR) is 85.9 cm³/mol. The van der Waals surface area contributed by atoms with E-state index < -0.39 is 0 Å². The molecule has 1 aliphatic heterocycles. The summed E-state index contributed by atoms with van der Waals surface area (Å²) in [4.78, 5) is 6.51. The van der Waals surface area contributed by atoms with Crippen LogP contribution in [-0.2, 0) is 4.74 Å². The molecule has 7 nitrogen and oxygen atoms in total. The van der Waals surface area contributed by atoms with Crippen LogP contribution in [0, 0.1) is 0 Å². The second kappa shape index (κ2) is 6.37. The number of aromatic nitrogens is 2. The summed E-state index contributed by atoms with van der Waals surface area (Å²) in [7, 11) is 1.63. The highest BCUT2D eigenvalue weighted by atomic mass is 16.5. The summed E-state index contributed by atoms with van der Waals surface area (Å²) in [5, 5.41) is 4.08. The van der Waals surface area contributed by atoms with E-state index >= 15 is 0 Å². The monoisotopic (exact) mass is 327 g/mol. The van der Waals surface area contributed by atoms with Gasteiger partial charge < -0.3 is 23.3 Å². The molecule has 7 heteroatoms. The maximum Gasteiger partial charge on any atom is 0.324 e. The van der Waals surface area contributed by atoms with E-state index in [-0.39, 0.29) is 6.10 Å². The molecule has 1 unspecified atom stereocenters. The van der Waals surface area contributed by atoms with Gasteiger partial charge in [-0.15, -0.1) is 0 Å². The SMILES string of the molecule is COc1cccc(-c2noc(N3CCOC(c4ccco4)C3)n2)c1. The Hall–Kier alpha value is -2.80. The van der Waals surface area contributed by atoms with Crippen LogP contribution in [0.3, 0.4) is 0 Å². The number of ether oxygens (including phenoxy) is 2. The van der Waals surface area contributed by atoms with Crippen molar-refractivity contribution in [2.24, 2.45) is 0 Å². The van der Waals surface area contributed by atoms with Gasteiger partial charge in [0.2, 0.25) is 5.82 Å². The highest BCUT2D eigenvalue weighted by molar-refractivity contribution is 5.58. The Balaban J connectivity index is 1.53. The molecule has 124 valence electrons. The minimum atomic E-state index is -0.138. The fourth-order valence-corrected chi connectivity index (χ4v) is 2.69. The van der Waals surface area contributed by atoms with Gasteiger partial charge in [-0.05, 0) is 24.3 Å². The highest BCUT2D eigenvalue weighted by Gasteiger charge is 2.27. The Morgan fingerprint density at radius 1 is 1.25 bits per heavy atom. The Bertz CT molecular complexity index is 800. The summed E-state index contributed by atoms with van der Waals surface area (Å²) in [5.74, 6) is 2.08. The Kier molecular flexibility index (Phi) is 3.92. The standard InChI is InChI=1S/C17H17N3O4/c1-21-13-5-2-4-12(10-13)16-18-17(24-19-16)20-7-9-23-15(11-20)14-6-3-8-22-14/h2-6,8,10,15H,7,9,11H2,1H3. The van der Waals surface area contributed by atoms with Gasteiger partial charge in [-0.3, -0.25) is 0 Å². The van der Waals surface area contributed by atoms with Crippen molar-refractivity contribution in [2.75, 3.05) is 31.7 Å². The van der Waals surface area contributed by atoms with E-state index in [9.17, 15) is 0 Å². The molecule has 0 saturated carbocycles. The first kappa shape index (κ1) is 14.8. The van der Waals surface area contributed by atoms with Gasteiger partial charge >= 0.3 is 6.01 Å². The van der Waals surface area contributed by atoms with Crippen LogP contribution in [0.2, 0.25) is 0 Å². The predicted octanol–water partition coefficient (Wildman–Crippen LogP) is 2.92. The van der Waals surface area contributed by atoms with Crippen molar-refractivity contribution >= 4 is 6.01 Å². The average molecular weight is 327 g/mol. The number of nitrogens with zero attached hydrogens (tertiary/aromatic N) is 3. The Morgan fingerprint density at radius 2 is 2.21 bits per heavy atom. The van der Waals surface area contributed by atoms with E-state index in [0.717, 1.165) is 17.1 Å².